The minimum absolute atomic E-state index is 0.106. The number of anilines is 1. The largest absolute Gasteiger partial charge is 0.494 e. The molecule has 142 valence electrons. The molecule has 2 aromatic rings. The molecule has 0 saturated heterocycles. The molecule has 0 radical (unpaired) electrons. The standard InChI is InChI=1S/C21H25N3O3/c1-5-10-27-16-6-8-19(13(2)11-16)24-20(25)9-7-17-14(3)18(12-22)21(26)23-15(17)4/h6,8,11H,5,7,9-10H2,1-4H3,(H,23,26)(H,24,25). The van der Waals surface area contributed by atoms with Gasteiger partial charge in [-0.2, -0.15) is 5.26 Å². The molecular weight excluding hydrogens is 342 g/mol. The fourth-order valence-electron chi connectivity index (χ4n) is 2.96. The average Bonchev–Trinajstić information content (AvgIpc) is 2.62. The van der Waals surface area contributed by atoms with Crippen LogP contribution in [0.25, 0.3) is 0 Å². The number of carbonyl (C=O) groups is 1. The molecule has 0 bridgehead atoms. The molecule has 0 spiro atoms. The molecule has 1 aromatic heterocycles. The van der Waals surface area contributed by atoms with Gasteiger partial charge in [-0.15, -0.1) is 0 Å². The highest BCUT2D eigenvalue weighted by atomic mass is 16.5. The van der Waals surface area contributed by atoms with Gasteiger partial charge in [0.25, 0.3) is 5.56 Å². The molecule has 6 heteroatoms. The third kappa shape index (κ3) is 4.98. The zero-order valence-corrected chi connectivity index (χ0v) is 16.2. The van der Waals surface area contributed by atoms with E-state index >= 15 is 0 Å². The molecule has 0 aliphatic carbocycles. The van der Waals surface area contributed by atoms with Crippen molar-refractivity contribution in [2.75, 3.05) is 11.9 Å². The predicted octanol–water partition coefficient (Wildman–Crippen LogP) is 3.53. The number of nitrogens with one attached hydrogen (secondary N) is 2. The van der Waals surface area contributed by atoms with Crippen LogP contribution < -0.4 is 15.6 Å². The van der Waals surface area contributed by atoms with Gasteiger partial charge in [0, 0.05) is 17.8 Å². The van der Waals surface area contributed by atoms with Crippen LogP contribution in [0.4, 0.5) is 5.69 Å². The first-order valence-corrected chi connectivity index (χ1v) is 9.03. The predicted molar refractivity (Wildman–Crippen MR) is 105 cm³/mol. The number of benzene rings is 1. The molecule has 0 aliphatic rings. The number of H-pyrrole nitrogens is 1. The lowest BCUT2D eigenvalue weighted by molar-refractivity contribution is -0.116. The van der Waals surface area contributed by atoms with E-state index in [-0.39, 0.29) is 23.5 Å². The molecule has 1 aromatic carbocycles. The summed E-state index contributed by atoms with van der Waals surface area (Å²) in [6, 6.07) is 7.51. The van der Waals surface area contributed by atoms with Crippen molar-refractivity contribution in [3.63, 3.8) is 0 Å². The highest BCUT2D eigenvalue weighted by Crippen LogP contribution is 2.22. The van der Waals surface area contributed by atoms with Crippen molar-refractivity contribution in [2.24, 2.45) is 0 Å². The summed E-state index contributed by atoms with van der Waals surface area (Å²) in [7, 11) is 0. The monoisotopic (exact) mass is 367 g/mol. The lowest BCUT2D eigenvalue weighted by Crippen LogP contribution is -2.18. The van der Waals surface area contributed by atoms with Gasteiger partial charge in [-0.25, -0.2) is 0 Å². The summed E-state index contributed by atoms with van der Waals surface area (Å²) in [5.74, 6) is 0.666. The van der Waals surface area contributed by atoms with E-state index in [0.29, 0.717) is 24.3 Å². The van der Waals surface area contributed by atoms with E-state index in [9.17, 15) is 9.59 Å². The summed E-state index contributed by atoms with van der Waals surface area (Å²) in [6.45, 7) is 8.15. The van der Waals surface area contributed by atoms with Crippen molar-refractivity contribution < 1.29 is 9.53 Å². The maximum Gasteiger partial charge on any atom is 0.266 e. The first-order valence-electron chi connectivity index (χ1n) is 9.03. The topological polar surface area (TPSA) is 95.0 Å². The number of carbonyl (C=O) groups excluding carboxylic acids is 1. The molecule has 2 N–H and O–H groups in total. The van der Waals surface area contributed by atoms with Crippen LogP contribution in [0.1, 0.15) is 47.7 Å². The number of nitrogens with zero attached hydrogens (tertiary/aromatic N) is 1. The zero-order valence-electron chi connectivity index (χ0n) is 16.2. The molecule has 0 unspecified atom stereocenters. The van der Waals surface area contributed by atoms with Crippen LogP contribution in [0, 0.1) is 32.1 Å². The van der Waals surface area contributed by atoms with Gasteiger partial charge in [0.1, 0.15) is 17.4 Å². The molecule has 0 aliphatic heterocycles. The summed E-state index contributed by atoms with van der Waals surface area (Å²) >= 11 is 0. The Hall–Kier alpha value is -3.07. The maximum atomic E-state index is 12.4. The van der Waals surface area contributed by atoms with E-state index in [1.807, 2.05) is 38.1 Å². The van der Waals surface area contributed by atoms with Crippen LogP contribution in [0.3, 0.4) is 0 Å². The highest BCUT2D eigenvalue weighted by Gasteiger charge is 2.14. The maximum absolute atomic E-state index is 12.4. The number of amides is 1. The molecular formula is C21H25N3O3. The SMILES string of the molecule is CCCOc1ccc(NC(=O)CCc2c(C)[nH]c(=O)c(C#N)c2C)c(C)c1. The minimum Gasteiger partial charge on any atom is -0.494 e. The van der Waals surface area contributed by atoms with Gasteiger partial charge >= 0.3 is 0 Å². The second-order valence-electron chi connectivity index (χ2n) is 6.54. The van der Waals surface area contributed by atoms with E-state index in [4.69, 9.17) is 10.00 Å². The van der Waals surface area contributed by atoms with Gasteiger partial charge in [-0.1, -0.05) is 6.92 Å². The normalized spacial score (nSPS) is 10.3. The Labute approximate surface area is 159 Å². The second-order valence-corrected chi connectivity index (χ2v) is 6.54. The molecule has 2 rings (SSSR count). The fourth-order valence-corrected chi connectivity index (χ4v) is 2.96. The number of aryl methyl sites for hydroxylation is 2. The van der Waals surface area contributed by atoms with Gasteiger partial charge < -0.3 is 15.0 Å². The number of aromatic nitrogens is 1. The Morgan fingerprint density at radius 3 is 2.67 bits per heavy atom. The van der Waals surface area contributed by atoms with E-state index in [1.165, 1.54) is 0 Å². The second kappa shape index (κ2) is 9.04. The smallest absolute Gasteiger partial charge is 0.266 e. The van der Waals surface area contributed by atoms with E-state index in [2.05, 4.69) is 10.3 Å². The summed E-state index contributed by atoms with van der Waals surface area (Å²) < 4.78 is 5.59. The minimum atomic E-state index is -0.387. The number of ether oxygens (including phenoxy) is 1. The van der Waals surface area contributed by atoms with Gasteiger partial charge in [-0.3, -0.25) is 9.59 Å². The summed E-state index contributed by atoms with van der Waals surface area (Å²) in [4.78, 5) is 26.8. The quantitative estimate of drug-likeness (QED) is 0.782. The number of pyridine rings is 1. The van der Waals surface area contributed by atoms with Crippen molar-refractivity contribution in [3.8, 4) is 11.8 Å². The van der Waals surface area contributed by atoms with Crippen molar-refractivity contribution in [2.45, 2.75) is 47.0 Å². The van der Waals surface area contributed by atoms with Crippen LogP contribution in [0.15, 0.2) is 23.0 Å². The number of rotatable bonds is 7. The van der Waals surface area contributed by atoms with Gasteiger partial charge in [-0.05, 0) is 68.5 Å². The molecule has 1 heterocycles. The van der Waals surface area contributed by atoms with Crippen LogP contribution in [0.5, 0.6) is 5.75 Å². The van der Waals surface area contributed by atoms with Crippen LogP contribution in [-0.2, 0) is 11.2 Å². The molecule has 0 fully saturated rings. The lowest BCUT2D eigenvalue weighted by atomic mass is 9.99. The first-order chi connectivity index (χ1) is 12.9. The van der Waals surface area contributed by atoms with E-state index in [0.717, 1.165) is 29.0 Å². The van der Waals surface area contributed by atoms with Crippen LogP contribution >= 0.6 is 0 Å². The van der Waals surface area contributed by atoms with Gasteiger partial charge in [0.05, 0.1) is 6.61 Å². The molecule has 27 heavy (non-hydrogen) atoms. The zero-order chi connectivity index (χ0) is 20.0. The number of nitriles is 1. The number of hydrogen-bond acceptors (Lipinski definition) is 4. The molecule has 6 nitrogen and oxygen atoms in total. The van der Waals surface area contributed by atoms with Crippen molar-refractivity contribution in [1.82, 2.24) is 4.98 Å². The summed E-state index contributed by atoms with van der Waals surface area (Å²) in [5.41, 5.74) is 3.56. The van der Waals surface area contributed by atoms with Crippen molar-refractivity contribution in [3.05, 3.63) is 56.5 Å². The van der Waals surface area contributed by atoms with Gasteiger partial charge in [0.2, 0.25) is 5.91 Å². The van der Waals surface area contributed by atoms with Gasteiger partial charge in [0.15, 0.2) is 0 Å². The summed E-state index contributed by atoms with van der Waals surface area (Å²) in [5, 5.41) is 12.0. The first kappa shape index (κ1) is 20.2. The third-order valence-corrected chi connectivity index (χ3v) is 4.47. The van der Waals surface area contributed by atoms with Crippen molar-refractivity contribution >= 4 is 11.6 Å². The Kier molecular flexibility index (Phi) is 6.78. The number of aromatic amines is 1. The fraction of sp³-hybridized carbons (Fsp3) is 0.381. The Morgan fingerprint density at radius 2 is 2.04 bits per heavy atom. The highest BCUT2D eigenvalue weighted by molar-refractivity contribution is 5.91. The van der Waals surface area contributed by atoms with E-state index < -0.39 is 0 Å². The summed E-state index contributed by atoms with van der Waals surface area (Å²) in [6.07, 6.45) is 1.65. The average molecular weight is 367 g/mol. The Bertz CT molecular complexity index is 939. The van der Waals surface area contributed by atoms with Crippen LogP contribution in [-0.4, -0.2) is 17.5 Å². The van der Waals surface area contributed by atoms with E-state index in [1.54, 1.807) is 13.8 Å². The Balaban J connectivity index is 2.05. The molecule has 1 amide bonds. The van der Waals surface area contributed by atoms with Crippen molar-refractivity contribution in [1.29, 1.82) is 5.26 Å². The number of hydrogen-bond donors (Lipinski definition) is 2. The molecule has 0 atom stereocenters. The lowest BCUT2D eigenvalue weighted by Gasteiger charge is -2.13. The molecule has 0 saturated carbocycles. The van der Waals surface area contributed by atoms with Crippen LogP contribution in [0.2, 0.25) is 0 Å². The third-order valence-electron chi connectivity index (χ3n) is 4.47. The Morgan fingerprint density at radius 1 is 1.30 bits per heavy atom.